The van der Waals surface area contributed by atoms with Gasteiger partial charge in [-0.2, -0.15) is 0 Å². The Kier molecular flexibility index (Phi) is 3.43. The maximum atomic E-state index is 12.4. The molecule has 1 aliphatic heterocycles. The van der Waals surface area contributed by atoms with E-state index in [1.165, 1.54) is 0 Å². The molecule has 21 heavy (non-hydrogen) atoms. The Morgan fingerprint density at radius 1 is 1.29 bits per heavy atom. The van der Waals surface area contributed by atoms with E-state index in [2.05, 4.69) is 5.32 Å². The maximum Gasteiger partial charge on any atom is 0.318 e. The third-order valence-electron chi connectivity index (χ3n) is 4.50. The molecule has 2 amide bonds. The number of nitrogens with zero attached hydrogens (tertiary/aromatic N) is 1. The van der Waals surface area contributed by atoms with Gasteiger partial charge >= 0.3 is 6.03 Å². The predicted octanol–water partition coefficient (Wildman–Crippen LogP) is 1.50. The van der Waals surface area contributed by atoms with E-state index >= 15 is 0 Å². The van der Waals surface area contributed by atoms with Gasteiger partial charge in [0.05, 0.1) is 17.0 Å². The van der Waals surface area contributed by atoms with E-state index < -0.39 is 9.84 Å². The van der Waals surface area contributed by atoms with Crippen molar-refractivity contribution in [2.45, 2.75) is 30.8 Å². The molecule has 0 bridgehead atoms. The standard InChI is InChI=1S/C15H20N2O3S/c1-17(13-7-10-21(19,20)11-13)14(18)16-15(8-9-15)12-5-3-2-4-6-12/h2-6,13H,7-11H2,1H3,(H,16,18). The van der Waals surface area contributed by atoms with Crippen LogP contribution in [0.4, 0.5) is 4.79 Å². The molecule has 1 saturated carbocycles. The summed E-state index contributed by atoms with van der Waals surface area (Å²) in [6, 6.07) is 9.54. The Hall–Kier alpha value is -1.56. The number of benzene rings is 1. The summed E-state index contributed by atoms with van der Waals surface area (Å²) in [5.41, 5.74) is 0.857. The van der Waals surface area contributed by atoms with Crippen LogP contribution in [0, 0.1) is 0 Å². The molecule has 1 N–H and O–H groups in total. The minimum absolute atomic E-state index is 0.0786. The van der Waals surface area contributed by atoms with Crippen molar-refractivity contribution in [3.63, 3.8) is 0 Å². The Labute approximate surface area is 125 Å². The van der Waals surface area contributed by atoms with Gasteiger partial charge in [-0.25, -0.2) is 13.2 Å². The molecular weight excluding hydrogens is 288 g/mol. The molecule has 1 aliphatic carbocycles. The fraction of sp³-hybridized carbons (Fsp3) is 0.533. The lowest BCUT2D eigenvalue weighted by Gasteiger charge is -2.27. The number of hydrogen-bond acceptors (Lipinski definition) is 3. The quantitative estimate of drug-likeness (QED) is 0.920. The topological polar surface area (TPSA) is 66.5 Å². The summed E-state index contributed by atoms with van der Waals surface area (Å²) in [5, 5.41) is 3.08. The van der Waals surface area contributed by atoms with Gasteiger partial charge in [0.1, 0.15) is 0 Å². The lowest BCUT2D eigenvalue weighted by molar-refractivity contribution is 0.189. The number of sulfone groups is 1. The Balaban J connectivity index is 1.67. The molecule has 1 atom stereocenters. The molecule has 6 heteroatoms. The van der Waals surface area contributed by atoms with Crippen molar-refractivity contribution in [2.24, 2.45) is 0 Å². The number of carbonyl (C=O) groups excluding carboxylic acids is 1. The van der Waals surface area contributed by atoms with Gasteiger partial charge in [0, 0.05) is 13.1 Å². The molecule has 5 nitrogen and oxygen atoms in total. The van der Waals surface area contributed by atoms with E-state index in [-0.39, 0.29) is 29.1 Å². The van der Waals surface area contributed by atoms with Gasteiger partial charge in [0.2, 0.25) is 0 Å². The van der Waals surface area contributed by atoms with Gasteiger partial charge in [0.15, 0.2) is 9.84 Å². The number of amides is 2. The van der Waals surface area contributed by atoms with E-state index in [4.69, 9.17) is 0 Å². The van der Waals surface area contributed by atoms with Crippen LogP contribution in [0.2, 0.25) is 0 Å². The highest BCUT2D eigenvalue weighted by Gasteiger charge is 2.46. The molecule has 3 rings (SSSR count). The second-order valence-corrected chi connectivity index (χ2v) is 8.27. The van der Waals surface area contributed by atoms with Gasteiger partial charge in [-0.1, -0.05) is 30.3 Å². The number of carbonyl (C=O) groups is 1. The van der Waals surface area contributed by atoms with Crippen LogP contribution in [0.15, 0.2) is 30.3 Å². The summed E-state index contributed by atoms with van der Waals surface area (Å²) >= 11 is 0. The summed E-state index contributed by atoms with van der Waals surface area (Å²) in [6.45, 7) is 0. The second-order valence-electron chi connectivity index (χ2n) is 6.05. The fourth-order valence-corrected chi connectivity index (χ4v) is 4.68. The average Bonchev–Trinajstić information content (AvgIpc) is 3.15. The summed E-state index contributed by atoms with van der Waals surface area (Å²) in [5.74, 6) is 0.258. The zero-order chi connectivity index (χ0) is 15.1. The van der Waals surface area contributed by atoms with Crippen molar-refractivity contribution in [3.05, 3.63) is 35.9 Å². The first-order chi connectivity index (χ1) is 9.92. The predicted molar refractivity (Wildman–Crippen MR) is 80.7 cm³/mol. The lowest BCUT2D eigenvalue weighted by atomic mass is 10.1. The highest BCUT2D eigenvalue weighted by Crippen LogP contribution is 2.45. The molecule has 0 aromatic heterocycles. The van der Waals surface area contributed by atoms with Crippen molar-refractivity contribution in [2.75, 3.05) is 18.6 Å². The zero-order valence-corrected chi connectivity index (χ0v) is 12.9. The lowest BCUT2D eigenvalue weighted by Crippen LogP contribution is -2.47. The molecule has 1 unspecified atom stereocenters. The minimum Gasteiger partial charge on any atom is -0.328 e. The fourth-order valence-electron chi connectivity index (χ4n) is 2.91. The van der Waals surface area contributed by atoms with Gasteiger partial charge in [0.25, 0.3) is 0 Å². The van der Waals surface area contributed by atoms with Gasteiger partial charge in [-0.05, 0) is 24.8 Å². The van der Waals surface area contributed by atoms with Gasteiger partial charge in [-0.15, -0.1) is 0 Å². The molecule has 1 saturated heterocycles. The molecule has 1 heterocycles. The third-order valence-corrected chi connectivity index (χ3v) is 6.25. The van der Waals surface area contributed by atoms with Crippen LogP contribution < -0.4 is 5.32 Å². The highest BCUT2D eigenvalue weighted by atomic mass is 32.2. The van der Waals surface area contributed by atoms with Gasteiger partial charge in [-0.3, -0.25) is 0 Å². The van der Waals surface area contributed by atoms with Crippen molar-refractivity contribution in [1.29, 1.82) is 0 Å². The highest BCUT2D eigenvalue weighted by molar-refractivity contribution is 7.91. The Morgan fingerprint density at radius 2 is 1.95 bits per heavy atom. The summed E-state index contributed by atoms with van der Waals surface area (Å²) in [7, 11) is -1.29. The van der Waals surface area contributed by atoms with Crippen LogP contribution in [0.3, 0.4) is 0 Å². The van der Waals surface area contributed by atoms with Crippen LogP contribution in [0.25, 0.3) is 0 Å². The third kappa shape index (κ3) is 2.90. The van der Waals surface area contributed by atoms with Crippen LogP contribution >= 0.6 is 0 Å². The summed E-state index contributed by atoms with van der Waals surface area (Å²) < 4.78 is 23.1. The first-order valence-electron chi connectivity index (χ1n) is 7.23. The Morgan fingerprint density at radius 3 is 2.48 bits per heavy atom. The molecule has 1 aromatic carbocycles. The van der Waals surface area contributed by atoms with Crippen molar-refractivity contribution < 1.29 is 13.2 Å². The van der Waals surface area contributed by atoms with Crippen molar-refractivity contribution in [1.82, 2.24) is 10.2 Å². The normalized spacial score (nSPS) is 25.3. The molecular formula is C15H20N2O3S. The van der Waals surface area contributed by atoms with Crippen LogP contribution in [0.5, 0.6) is 0 Å². The first-order valence-corrected chi connectivity index (χ1v) is 9.05. The van der Waals surface area contributed by atoms with Crippen molar-refractivity contribution in [3.8, 4) is 0 Å². The van der Waals surface area contributed by atoms with Crippen LogP contribution in [-0.4, -0.2) is 43.9 Å². The monoisotopic (exact) mass is 308 g/mol. The smallest absolute Gasteiger partial charge is 0.318 e. The number of rotatable bonds is 3. The molecule has 2 aliphatic rings. The maximum absolute atomic E-state index is 12.4. The van der Waals surface area contributed by atoms with Gasteiger partial charge < -0.3 is 10.2 Å². The van der Waals surface area contributed by atoms with E-state index in [1.807, 2.05) is 30.3 Å². The molecule has 0 spiro atoms. The number of hydrogen-bond donors (Lipinski definition) is 1. The molecule has 2 fully saturated rings. The first kappa shape index (κ1) is 14.4. The molecule has 1 aromatic rings. The van der Waals surface area contributed by atoms with Crippen LogP contribution in [-0.2, 0) is 15.4 Å². The zero-order valence-electron chi connectivity index (χ0n) is 12.1. The number of urea groups is 1. The number of nitrogens with one attached hydrogen (secondary N) is 1. The molecule has 114 valence electrons. The molecule has 0 radical (unpaired) electrons. The SMILES string of the molecule is CN(C(=O)NC1(c2ccccc2)CC1)C1CCS(=O)(=O)C1. The van der Waals surface area contributed by atoms with E-state index in [0.717, 1.165) is 18.4 Å². The minimum atomic E-state index is -2.98. The summed E-state index contributed by atoms with van der Waals surface area (Å²) in [4.78, 5) is 13.9. The van der Waals surface area contributed by atoms with Crippen LogP contribution in [0.1, 0.15) is 24.8 Å². The Bertz CT molecular complexity index is 638. The van der Waals surface area contributed by atoms with E-state index in [0.29, 0.717) is 6.42 Å². The van der Waals surface area contributed by atoms with E-state index in [1.54, 1.807) is 11.9 Å². The van der Waals surface area contributed by atoms with E-state index in [9.17, 15) is 13.2 Å². The largest absolute Gasteiger partial charge is 0.328 e. The average molecular weight is 308 g/mol. The second kappa shape index (κ2) is 5.02. The summed E-state index contributed by atoms with van der Waals surface area (Å²) in [6.07, 6.45) is 2.39. The van der Waals surface area contributed by atoms with Crippen molar-refractivity contribution >= 4 is 15.9 Å².